The Bertz CT molecular complexity index is 1880. The monoisotopic (exact) mass is 702 g/mol. The van der Waals surface area contributed by atoms with Crippen molar-refractivity contribution in [3.8, 4) is 17.0 Å². The largest absolute Gasteiger partial charge is 0.494 e. The minimum absolute atomic E-state index is 0.0446. The molecule has 47 heavy (non-hydrogen) atoms. The number of halogens is 2. The van der Waals surface area contributed by atoms with E-state index >= 15 is 0 Å². The molecule has 0 unspecified atom stereocenters. The molecule has 12 heteroatoms. The van der Waals surface area contributed by atoms with Gasteiger partial charge in [0.05, 0.1) is 18.1 Å². The molecule has 5 aromatic rings. The SMILES string of the molecule is CCOc1ccc(-c2csc(NC(=O)CSc3ccc(NC(=O)/C(=C/c4c(Cl)cccc4Cl)NC(=O)c4ccccc4)cc3)n2)cc1. The summed E-state index contributed by atoms with van der Waals surface area (Å²) in [6, 6.07) is 28.1. The van der Waals surface area contributed by atoms with Crippen molar-refractivity contribution >= 4 is 80.9 Å². The van der Waals surface area contributed by atoms with Gasteiger partial charge in [-0.1, -0.05) is 47.5 Å². The van der Waals surface area contributed by atoms with E-state index in [1.54, 1.807) is 72.8 Å². The molecule has 0 aliphatic heterocycles. The highest BCUT2D eigenvalue weighted by molar-refractivity contribution is 8.00. The number of ether oxygens (including phenoxy) is 1. The van der Waals surface area contributed by atoms with E-state index in [4.69, 9.17) is 27.9 Å². The maximum atomic E-state index is 13.4. The van der Waals surface area contributed by atoms with Crippen molar-refractivity contribution in [1.82, 2.24) is 10.3 Å². The third-order valence-corrected chi connectivity index (χ3v) is 8.94. The number of aromatic nitrogens is 1. The molecule has 4 aromatic carbocycles. The zero-order valence-corrected chi connectivity index (χ0v) is 28.1. The van der Waals surface area contributed by atoms with Gasteiger partial charge in [-0.25, -0.2) is 4.98 Å². The number of rotatable bonds is 12. The Labute approximate surface area is 290 Å². The lowest BCUT2D eigenvalue weighted by molar-refractivity contribution is -0.114. The summed E-state index contributed by atoms with van der Waals surface area (Å²) in [6.07, 6.45) is 1.44. The van der Waals surface area contributed by atoms with Gasteiger partial charge in [-0.15, -0.1) is 23.1 Å². The fourth-order valence-corrected chi connectivity index (χ4v) is 6.17. The van der Waals surface area contributed by atoms with Crippen LogP contribution in [-0.4, -0.2) is 35.1 Å². The van der Waals surface area contributed by atoms with Crippen LogP contribution in [-0.2, 0) is 9.59 Å². The van der Waals surface area contributed by atoms with Gasteiger partial charge >= 0.3 is 0 Å². The van der Waals surface area contributed by atoms with E-state index in [0.29, 0.717) is 38.6 Å². The van der Waals surface area contributed by atoms with Gasteiger partial charge in [0.2, 0.25) is 5.91 Å². The highest BCUT2D eigenvalue weighted by Crippen LogP contribution is 2.29. The number of benzene rings is 4. The maximum Gasteiger partial charge on any atom is 0.272 e. The van der Waals surface area contributed by atoms with E-state index in [2.05, 4.69) is 20.9 Å². The Hall–Kier alpha value is -4.61. The van der Waals surface area contributed by atoms with Crippen LogP contribution in [0, 0.1) is 0 Å². The van der Waals surface area contributed by atoms with E-state index in [1.165, 1.54) is 29.2 Å². The smallest absolute Gasteiger partial charge is 0.272 e. The zero-order chi connectivity index (χ0) is 33.2. The van der Waals surface area contributed by atoms with E-state index in [-0.39, 0.29) is 17.4 Å². The molecule has 1 aromatic heterocycles. The minimum atomic E-state index is -0.571. The molecule has 238 valence electrons. The van der Waals surface area contributed by atoms with Crippen molar-refractivity contribution < 1.29 is 19.1 Å². The van der Waals surface area contributed by atoms with Crippen LogP contribution in [0.1, 0.15) is 22.8 Å². The first-order valence-corrected chi connectivity index (χ1v) is 17.0. The molecule has 0 spiro atoms. The molecule has 3 N–H and O–H groups in total. The normalized spacial score (nSPS) is 11.1. The van der Waals surface area contributed by atoms with Crippen LogP contribution in [0.15, 0.2) is 113 Å². The summed E-state index contributed by atoms with van der Waals surface area (Å²) >= 11 is 15.4. The van der Waals surface area contributed by atoms with E-state index < -0.39 is 11.8 Å². The zero-order valence-electron chi connectivity index (χ0n) is 25.0. The molecule has 0 saturated carbocycles. The van der Waals surface area contributed by atoms with Crippen LogP contribution in [0.4, 0.5) is 10.8 Å². The van der Waals surface area contributed by atoms with Crippen LogP contribution in [0.5, 0.6) is 5.75 Å². The van der Waals surface area contributed by atoms with Gasteiger partial charge in [-0.2, -0.15) is 0 Å². The number of hydrogen-bond acceptors (Lipinski definition) is 7. The number of thioether (sulfide) groups is 1. The lowest BCUT2D eigenvalue weighted by Gasteiger charge is -2.13. The molecule has 0 fully saturated rings. The molecular formula is C35H28Cl2N4O4S2. The fraction of sp³-hybridized carbons (Fsp3) is 0.0857. The molecule has 0 radical (unpaired) electrons. The first-order valence-electron chi connectivity index (χ1n) is 14.3. The van der Waals surface area contributed by atoms with Crippen molar-refractivity contribution in [2.45, 2.75) is 11.8 Å². The third kappa shape index (κ3) is 9.46. The van der Waals surface area contributed by atoms with E-state index in [9.17, 15) is 14.4 Å². The average molecular weight is 704 g/mol. The molecule has 0 aliphatic carbocycles. The summed E-state index contributed by atoms with van der Waals surface area (Å²) in [5.41, 5.74) is 2.91. The number of anilines is 2. The third-order valence-electron chi connectivity index (χ3n) is 6.51. The predicted octanol–water partition coefficient (Wildman–Crippen LogP) is 8.66. The summed E-state index contributed by atoms with van der Waals surface area (Å²) in [6.45, 7) is 2.53. The summed E-state index contributed by atoms with van der Waals surface area (Å²) < 4.78 is 5.48. The number of thiazole rings is 1. The Kier molecular flexibility index (Phi) is 11.7. The molecule has 0 saturated heterocycles. The van der Waals surface area contributed by atoms with Crippen molar-refractivity contribution in [3.05, 3.63) is 129 Å². The molecule has 3 amide bonds. The molecule has 0 atom stereocenters. The standard InChI is InChI=1S/C35H28Cl2N4O4S2/c1-2-45-25-15-11-22(12-16-25)31-20-47-35(40-31)41-32(42)21-46-26-17-13-24(14-18-26)38-34(44)30(19-27-28(36)9-6-10-29(27)37)39-33(43)23-7-4-3-5-8-23/h3-20H,2,21H2,1H3,(H,38,44)(H,39,43)(H,40,41,42)/b30-19-. The Morgan fingerprint density at radius 1 is 0.872 bits per heavy atom. The molecule has 1 heterocycles. The highest BCUT2D eigenvalue weighted by atomic mass is 35.5. The Morgan fingerprint density at radius 3 is 2.26 bits per heavy atom. The van der Waals surface area contributed by atoms with Gasteiger partial charge in [-0.05, 0) is 85.8 Å². The average Bonchev–Trinajstić information content (AvgIpc) is 3.54. The van der Waals surface area contributed by atoms with Crippen molar-refractivity contribution in [1.29, 1.82) is 0 Å². The van der Waals surface area contributed by atoms with Gasteiger partial charge in [0.15, 0.2) is 5.13 Å². The number of hydrogen-bond donors (Lipinski definition) is 3. The van der Waals surface area contributed by atoms with Gasteiger partial charge in [0.25, 0.3) is 11.8 Å². The van der Waals surface area contributed by atoms with Crippen molar-refractivity contribution in [2.24, 2.45) is 0 Å². The minimum Gasteiger partial charge on any atom is -0.494 e. The first kappa shape index (κ1) is 33.7. The molecule has 0 aliphatic rings. The van der Waals surface area contributed by atoms with Gasteiger partial charge in [-0.3, -0.25) is 14.4 Å². The Balaban J connectivity index is 1.19. The van der Waals surface area contributed by atoms with Crippen molar-refractivity contribution in [3.63, 3.8) is 0 Å². The summed E-state index contributed by atoms with van der Waals surface area (Å²) in [7, 11) is 0. The second-order valence-corrected chi connectivity index (χ2v) is 12.5. The second-order valence-electron chi connectivity index (χ2n) is 9.82. The van der Waals surface area contributed by atoms with Crippen molar-refractivity contribution in [2.75, 3.05) is 23.0 Å². The van der Waals surface area contributed by atoms with Gasteiger partial charge in [0.1, 0.15) is 11.4 Å². The number of amides is 3. The molecule has 0 bridgehead atoms. The first-order chi connectivity index (χ1) is 22.8. The summed E-state index contributed by atoms with van der Waals surface area (Å²) in [5, 5.41) is 11.4. The maximum absolute atomic E-state index is 13.4. The fourth-order valence-electron chi connectivity index (χ4n) is 4.22. The van der Waals surface area contributed by atoms with Crippen LogP contribution < -0.4 is 20.7 Å². The Morgan fingerprint density at radius 2 is 1.57 bits per heavy atom. The number of nitrogens with zero attached hydrogens (tertiary/aromatic N) is 1. The van der Waals surface area contributed by atoms with E-state index in [1.807, 2.05) is 36.6 Å². The molecule has 5 rings (SSSR count). The topological polar surface area (TPSA) is 109 Å². The van der Waals surface area contributed by atoms with Crippen LogP contribution in [0.25, 0.3) is 17.3 Å². The second kappa shape index (κ2) is 16.3. The summed E-state index contributed by atoms with van der Waals surface area (Å²) in [5.74, 6) is -0.272. The van der Waals surface area contributed by atoms with Crippen LogP contribution in [0.3, 0.4) is 0 Å². The number of carbonyl (C=O) groups is 3. The van der Waals surface area contributed by atoms with E-state index in [0.717, 1.165) is 21.9 Å². The van der Waals surface area contributed by atoms with Gasteiger partial charge < -0.3 is 20.7 Å². The quantitative estimate of drug-likeness (QED) is 0.0887. The number of nitrogens with one attached hydrogen (secondary N) is 3. The summed E-state index contributed by atoms with van der Waals surface area (Å²) in [4.78, 5) is 44.3. The van der Waals surface area contributed by atoms with Crippen LogP contribution in [0.2, 0.25) is 10.0 Å². The van der Waals surface area contributed by atoms with Crippen LogP contribution >= 0.6 is 46.3 Å². The molecular weight excluding hydrogens is 675 g/mol. The lowest BCUT2D eigenvalue weighted by atomic mass is 10.1. The predicted molar refractivity (Wildman–Crippen MR) is 191 cm³/mol. The number of carbonyl (C=O) groups excluding carboxylic acids is 3. The molecule has 8 nitrogen and oxygen atoms in total. The van der Waals surface area contributed by atoms with Gasteiger partial charge in [0, 0.05) is 42.7 Å². The highest BCUT2D eigenvalue weighted by Gasteiger charge is 2.17. The lowest BCUT2D eigenvalue weighted by Crippen LogP contribution is -2.30.